The van der Waals surface area contributed by atoms with Crippen LogP contribution in [0.1, 0.15) is 5.56 Å². The van der Waals surface area contributed by atoms with E-state index in [2.05, 4.69) is 0 Å². The van der Waals surface area contributed by atoms with Crippen molar-refractivity contribution >= 4 is 27.2 Å². The summed E-state index contributed by atoms with van der Waals surface area (Å²) in [5.41, 5.74) is 5.59. The summed E-state index contributed by atoms with van der Waals surface area (Å²) in [6, 6.07) is 5.00. The number of thiocarbonyl (C=S) groups is 1. The Hall–Kier alpha value is -1.23. The zero-order chi connectivity index (χ0) is 16.3. The van der Waals surface area contributed by atoms with Crippen molar-refractivity contribution in [3.63, 3.8) is 0 Å². The summed E-state index contributed by atoms with van der Waals surface area (Å²) >= 11 is 4.70. The summed E-state index contributed by atoms with van der Waals surface area (Å²) in [6.07, 6.45) is -4.72. The third-order valence-corrected chi connectivity index (χ3v) is 4.54. The van der Waals surface area contributed by atoms with Crippen LogP contribution < -0.4 is 5.73 Å². The maximum atomic E-state index is 12.5. The first-order valence-electron chi connectivity index (χ1n) is 5.65. The molecule has 3 N–H and O–H groups in total. The Bertz CT molecular complexity index is 617. The molecule has 0 saturated carbocycles. The fourth-order valence-electron chi connectivity index (χ4n) is 1.55. The lowest BCUT2D eigenvalue weighted by Crippen LogP contribution is -2.40. The zero-order valence-electron chi connectivity index (χ0n) is 10.7. The smallest absolute Gasteiger partial charge is 0.395 e. The summed E-state index contributed by atoms with van der Waals surface area (Å²) in [4.78, 5) is -0.443. The van der Waals surface area contributed by atoms with Crippen molar-refractivity contribution in [1.82, 2.24) is 4.31 Å². The SMILES string of the molecule is NC(=S)c1cccc(S(=O)(=O)N(CCO)CC(F)(F)F)c1. The van der Waals surface area contributed by atoms with E-state index in [0.29, 0.717) is 0 Å². The lowest BCUT2D eigenvalue weighted by Gasteiger charge is -2.22. The monoisotopic (exact) mass is 342 g/mol. The Labute approximate surface area is 125 Å². The fourth-order valence-corrected chi connectivity index (χ4v) is 3.14. The van der Waals surface area contributed by atoms with Gasteiger partial charge in [-0.3, -0.25) is 0 Å². The molecular weight excluding hydrogens is 329 g/mol. The van der Waals surface area contributed by atoms with E-state index in [1.807, 2.05) is 0 Å². The molecule has 1 aromatic rings. The minimum Gasteiger partial charge on any atom is -0.395 e. The number of nitrogens with zero attached hydrogens (tertiary/aromatic N) is 1. The molecule has 5 nitrogen and oxygen atoms in total. The molecule has 0 heterocycles. The van der Waals surface area contributed by atoms with E-state index in [1.165, 1.54) is 12.1 Å². The highest BCUT2D eigenvalue weighted by atomic mass is 32.2. The van der Waals surface area contributed by atoms with E-state index >= 15 is 0 Å². The number of hydrogen-bond acceptors (Lipinski definition) is 4. The highest BCUT2D eigenvalue weighted by molar-refractivity contribution is 7.89. The van der Waals surface area contributed by atoms with Crippen LogP contribution in [0.25, 0.3) is 0 Å². The highest BCUT2D eigenvalue weighted by Crippen LogP contribution is 2.23. The van der Waals surface area contributed by atoms with Crippen LogP contribution in [0.2, 0.25) is 0 Å². The first kappa shape index (κ1) is 17.8. The Morgan fingerprint density at radius 3 is 2.48 bits per heavy atom. The van der Waals surface area contributed by atoms with E-state index in [-0.39, 0.29) is 19.8 Å². The molecule has 0 bridgehead atoms. The predicted octanol–water partition coefficient (Wildman–Crippen LogP) is 0.866. The molecule has 10 heteroatoms. The lowest BCUT2D eigenvalue weighted by atomic mass is 10.2. The van der Waals surface area contributed by atoms with Gasteiger partial charge in [-0.15, -0.1) is 0 Å². The minimum absolute atomic E-state index is 0.0726. The fraction of sp³-hybridized carbons (Fsp3) is 0.364. The minimum atomic E-state index is -4.72. The van der Waals surface area contributed by atoms with Gasteiger partial charge in [0.25, 0.3) is 0 Å². The highest BCUT2D eigenvalue weighted by Gasteiger charge is 2.36. The molecule has 0 aliphatic heterocycles. The average molecular weight is 342 g/mol. The molecule has 0 amide bonds. The van der Waals surface area contributed by atoms with Crippen LogP contribution in [0.5, 0.6) is 0 Å². The van der Waals surface area contributed by atoms with Gasteiger partial charge in [-0.05, 0) is 12.1 Å². The van der Waals surface area contributed by atoms with E-state index in [1.54, 1.807) is 0 Å². The Balaban J connectivity index is 3.22. The van der Waals surface area contributed by atoms with E-state index in [4.69, 9.17) is 23.1 Å². The van der Waals surface area contributed by atoms with Crippen LogP contribution in [0.3, 0.4) is 0 Å². The number of nitrogens with two attached hydrogens (primary N) is 1. The normalized spacial score (nSPS) is 12.6. The standard InChI is InChI=1S/C11H13F3N2O3S2/c12-11(13,14)7-16(4-5-17)21(18,19)9-3-1-2-8(6-9)10(15)20/h1-3,6,17H,4-5,7H2,(H2,15,20). The van der Waals surface area contributed by atoms with Gasteiger partial charge in [-0.2, -0.15) is 17.5 Å². The molecule has 0 atom stereocenters. The van der Waals surface area contributed by atoms with Crippen molar-refractivity contribution in [2.24, 2.45) is 5.73 Å². The van der Waals surface area contributed by atoms with Crippen LogP contribution in [0, 0.1) is 0 Å². The number of alkyl halides is 3. The van der Waals surface area contributed by atoms with Gasteiger partial charge in [0.05, 0.1) is 11.5 Å². The molecule has 0 fully saturated rings. The quantitative estimate of drug-likeness (QED) is 0.750. The predicted molar refractivity (Wildman–Crippen MR) is 74.2 cm³/mol. The second-order valence-corrected chi connectivity index (χ2v) is 6.45. The van der Waals surface area contributed by atoms with Gasteiger partial charge >= 0.3 is 6.18 Å². The van der Waals surface area contributed by atoms with Gasteiger partial charge in [0.15, 0.2) is 0 Å². The van der Waals surface area contributed by atoms with Crippen LogP contribution in [-0.2, 0) is 10.0 Å². The van der Waals surface area contributed by atoms with Crippen LogP contribution in [-0.4, -0.2) is 48.7 Å². The van der Waals surface area contributed by atoms with Gasteiger partial charge < -0.3 is 10.8 Å². The molecule has 0 aliphatic rings. The molecule has 1 rings (SSSR count). The molecule has 0 aromatic heterocycles. The zero-order valence-corrected chi connectivity index (χ0v) is 12.3. The molecule has 0 aliphatic carbocycles. The topological polar surface area (TPSA) is 83.6 Å². The van der Waals surface area contributed by atoms with Gasteiger partial charge in [-0.25, -0.2) is 8.42 Å². The molecule has 1 aromatic carbocycles. The second-order valence-electron chi connectivity index (χ2n) is 4.07. The summed E-state index contributed by atoms with van der Waals surface area (Å²) in [5, 5.41) is 8.77. The van der Waals surface area contributed by atoms with Crippen molar-refractivity contribution in [2.75, 3.05) is 19.7 Å². The maximum absolute atomic E-state index is 12.5. The molecule has 118 valence electrons. The number of benzene rings is 1. The summed E-state index contributed by atoms with van der Waals surface area (Å²) in [5.74, 6) is 0. The molecule has 21 heavy (non-hydrogen) atoms. The molecule has 0 radical (unpaired) electrons. The molecule has 0 spiro atoms. The average Bonchev–Trinajstić information content (AvgIpc) is 2.37. The van der Waals surface area contributed by atoms with Gasteiger partial charge in [0, 0.05) is 12.1 Å². The first-order chi connectivity index (χ1) is 9.58. The lowest BCUT2D eigenvalue weighted by molar-refractivity contribution is -0.136. The number of rotatable bonds is 6. The number of sulfonamides is 1. The molecule has 0 unspecified atom stereocenters. The number of hydrogen-bond donors (Lipinski definition) is 2. The van der Waals surface area contributed by atoms with Gasteiger partial charge in [0.1, 0.15) is 11.5 Å². The first-order valence-corrected chi connectivity index (χ1v) is 7.50. The van der Waals surface area contributed by atoms with Crippen molar-refractivity contribution < 1.29 is 26.7 Å². The number of halogens is 3. The Morgan fingerprint density at radius 1 is 1.38 bits per heavy atom. The van der Waals surface area contributed by atoms with Gasteiger partial charge in [-0.1, -0.05) is 24.4 Å². The van der Waals surface area contributed by atoms with Crippen molar-refractivity contribution in [3.05, 3.63) is 29.8 Å². The van der Waals surface area contributed by atoms with Crippen molar-refractivity contribution in [3.8, 4) is 0 Å². The third kappa shape index (κ3) is 4.92. The molecule has 0 saturated heterocycles. The van der Waals surface area contributed by atoms with Crippen molar-refractivity contribution in [1.29, 1.82) is 0 Å². The van der Waals surface area contributed by atoms with E-state index in [9.17, 15) is 21.6 Å². The second kappa shape index (κ2) is 6.69. The largest absolute Gasteiger partial charge is 0.402 e. The third-order valence-electron chi connectivity index (χ3n) is 2.46. The molecular formula is C11H13F3N2O3S2. The Morgan fingerprint density at radius 2 is 2.00 bits per heavy atom. The van der Waals surface area contributed by atoms with Crippen LogP contribution in [0.4, 0.5) is 13.2 Å². The Kier molecular flexibility index (Phi) is 5.68. The summed E-state index contributed by atoms with van der Waals surface area (Å²) in [7, 11) is -4.41. The van der Waals surface area contributed by atoms with Crippen molar-refractivity contribution in [2.45, 2.75) is 11.1 Å². The number of aliphatic hydroxyl groups is 1. The van der Waals surface area contributed by atoms with E-state index < -0.39 is 35.9 Å². The van der Waals surface area contributed by atoms with Crippen LogP contribution >= 0.6 is 12.2 Å². The van der Waals surface area contributed by atoms with E-state index in [0.717, 1.165) is 12.1 Å². The summed E-state index contributed by atoms with van der Waals surface area (Å²) < 4.78 is 61.9. The summed E-state index contributed by atoms with van der Waals surface area (Å²) in [6.45, 7) is -3.09. The van der Waals surface area contributed by atoms with Gasteiger partial charge in [0.2, 0.25) is 10.0 Å². The van der Waals surface area contributed by atoms with Crippen LogP contribution in [0.15, 0.2) is 29.2 Å². The number of aliphatic hydroxyl groups excluding tert-OH is 1. The maximum Gasteiger partial charge on any atom is 0.402 e.